The van der Waals surface area contributed by atoms with Crippen LogP contribution in [0.1, 0.15) is 25.7 Å². The highest BCUT2D eigenvalue weighted by Gasteiger charge is 2.35. The van der Waals surface area contributed by atoms with Gasteiger partial charge in [-0.2, -0.15) is 0 Å². The fourth-order valence-corrected chi connectivity index (χ4v) is 2.72. The summed E-state index contributed by atoms with van der Waals surface area (Å²) in [5.74, 6) is 0.194. The fraction of sp³-hybridized carbons (Fsp3) is 0.500. The lowest BCUT2D eigenvalue weighted by molar-refractivity contribution is -0.133. The van der Waals surface area contributed by atoms with Crippen LogP contribution in [0, 0.1) is 11.7 Å². The van der Waals surface area contributed by atoms with Crippen molar-refractivity contribution in [1.29, 1.82) is 0 Å². The van der Waals surface area contributed by atoms with E-state index in [4.69, 9.17) is 0 Å². The number of nitrogens with zero attached hydrogens (tertiary/aromatic N) is 1. The van der Waals surface area contributed by atoms with Crippen LogP contribution in [0.4, 0.5) is 14.9 Å². The third kappa shape index (κ3) is 3.75. The van der Waals surface area contributed by atoms with Gasteiger partial charge in [-0.15, -0.1) is 0 Å². The maximum absolute atomic E-state index is 12.8. The van der Waals surface area contributed by atoms with Crippen LogP contribution >= 0.6 is 0 Å². The van der Waals surface area contributed by atoms with Crippen molar-refractivity contribution in [1.82, 2.24) is 10.2 Å². The maximum atomic E-state index is 12.8. The number of rotatable bonds is 3. The summed E-state index contributed by atoms with van der Waals surface area (Å²) in [4.78, 5) is 25.8. The number of nitrogens with one attached hydrogen (secondary N) is 2. The second-order valence-corrected chi connectivity index (χ2v) is 5.98. The van der Waals surface area contributed by atoms with Crippen LogP contribution in [0.15, 0.2) is 24.3 Å². The van der Waals surface area contributed by atoms with Crippen LogP contribution < -0.4 is 10.6 Å². The largest absolute Gasteiger partial charge is 0.342 e. The van der Waals surface area contributed by atoms with E-state index in [9.17, 15) is 14.0 Å². The van der Waals surface area contributed by atoms with Crippen molar-refractivity contribution in [2.75, 3.05) is 18.4 Å². The highest BCUT2D eigenvalue weighted by atomic mass is 19.1. The molecule has 1 aromatic rings. The van der Waals surface area contributed by atoms with Gasteiger partial charge in [-0.3, -0.25) is 4.79 Å². The molecule has 0 bridgehead atoms. The third-order valence-electron chi connectivity index (χ3n) is 4.17. The van der Waals surface area contributed by atoms with E-state index < -0.39 is 0 Å². The summed E-state index contributed by atoms with van der Waals surface area (Å²) >= 11 is 0. The molecule has 1 saturated heterocycles. The number of benzene rings is 1. The molecule has 3 rings (SSSR count). The Labute approximate surface area is 128 Å². The van der Waals surface area contributed by atoms with E-state index in [0.29, 0.717) is 18.8 Å². The van der Waals surface area contributed by atoms with E-state index in [1.54, 1.807) is 0 Å². The second-order valence-electron chi connectivity index (χ2n) is 5.98. The molecule has 6 heteroatoms. The number of likely N-dealkylation sites (tertiary alicyclic amines) is 1. The van der Waals surface area contributed by atoms with Crippen molar-refractivity contribution in [3.8, 4) is 0 Å². The van der Waals surface area contributed by atoms with Gasteiger partial charge in [0.2, 0.25) is 5.91 Å². The summed E-state index contributed by atoms with van der Waals surface area (Å²) in [5, 5.41) is 5.59. The Kier molecular flexibility index (Phi) is 4.27. The van der Waals surface area contributed by atoms with Crippen molar-refractivity contribution in [2.24, 2.45) is 5.92 Å². The van der Waals surface area contributed by atoms with Gasteiger partial charge in [0.15, 0.2) is 0 Å². The number of hydrogen-bond acceptors (Lipinski definition) is 2. The van der Waals surface area contributed by atoms with Gasteiger partial charge in [0.1, 0.15) is 5.82 Å². The molecule has 2 aliphatic rings. The molecular weight excluding hydrogens is 285 g/mol. The first-order valence-corrected chi connectivity index (χ1v) is 7.74. The SMILES string of the molecule is O=C(Nc1ccc(F)cc1)NC1CCN(C(=O)C2CC2)CC1. The number of carbonyl (C=O) groups is 2. The van der Waals surface area contributed by atoms with Crippen LogP contribution in [-0.4, -0.2) is 36.0 Å². The van der Waals surface area contributed by atoms with Gasteiger partial charge in [-0.05, 0) is 49.9 Å². The smallest absolute Gasteiger partial charge is 0.319 e. The molecule has 0 spiro atoms. The van der Waals surface area contributed by atoms with Gasteiger partial charge in [-0.25, -0.2) is 9.18 Å². The van der Waals surface area contributed by atoms with Crippen molar-refractivity contribution >= 4 is 17.6 Å². The summed E-state index contributed by atoms with van der Waals surface area (Å²) in [6.45, 7) is 1.41. The zero-order valence-electron chi connectivity index (χ0n) is 12.3. The predicted octanol–water partition coefficient (Wildman–Crippen LogP) is 2.35. The quantitative estimate of drug-likeness (QED) is 0.900. The Morgan fingerprint density at radius 1 is 1.05 bits per heavy atom. The molecule has 5 nitrogen and oxygen atoms in total. The van der Waals surface area contributed by atoms with E-state index in [1.165, 1.54) is 24.3 Å². The minimum atomic E-state index is -0.335. The molecule has 1 aliphatic heterocycles. The Morgan fingerprint density at radius 3 is 2.27 bits per heavy atom. The molecule has 1 aromatic carbocycles. The lowest BCUT2D eigenvalue weighted by Crippen LogP contribution is -2.47. The summed E-state index contributed by atoms with van der Waals surface area (Å²) in [6, 6.07) is 5.43. The number of amides is 3. The first kappa shape index (κ1) is 14.8. The molecule has 0 unspecified atom stereocenters. The molecule has 1 heterocycles. The zero-order valence-corrected chi connectivity index (χ0v) is 12.3. The van der Waals surface area contributed by atoms with Gasteiger partial charge < -0.3 is 15.5 Å². The standard InChI is InChI=1S/C16H20FN3O2/c17-12-3-5-13(6-4-12)18-16(22)19-14-7-9-20(10-8-14)15(21)11-1-2-11/h3-6,11,14H,1-2,7-10H2,(H2,18,19,22). The van der Waals surface area contributed by atoms with E-state index >= 15 is 0 Å². The van der Waals surface area contributed by atoms with Crippen molar-refractivity contribution in [3.63, 3.8) is 0 Å². The molecule has 2 fully saturated rings. The van der Waals surface area contributed by atoms with Crippen LogP contribution in [0.25, 0.3) is 0 Å². The molecule has 3 amide bonds. The molecular formula is C16H20FN3O2. The number of urea groups is 1. The Bertz CT molecular complexity index is 549. The van der Waals surface area contributed by atoms with Gasteiger partial charge in [0, 0.05) is 30.7 Å². The molecule has 118 valence electrons. The number of halogens is 1. The van der Waals surface area contributed by atoms with Gasteiger partial charge in [-0.1, -0.05) is 0 Å². The van der Waals surface area contributed by atoms with Crippen molar-refractivity contribution < 1.29 is 14.0 Å². The fourth-order valence-electron chi connectivity index (χ4n) is 2.72. The summed E-state index contributed by atoms with van der Waals surface area (Å²) < 4.78 is 12.8. The minimum Gasteiger partial charge on any atom is -0.342 e. The first-order chi connectivity index (χ1) is 10.6. The van der Waals surface area contributed by atoms with Crippen molar-refractivity contribution in [2.45, 2.75) is 31.7 Å². The number of anilines is 1. The lowest BCUT2D eigenvalue weighted by Gasteiger charge is -2.32. The summed E-state index contributed by atoms with van der Waals surface area (Å²) in [7, 11) is 0. The molecule has 0 atom stereocenters. The van der Waals surface area contributed by atoms with Crippen LogP contribution in [0.2, 0.25) is 0 Å². The van der Waals surface area contributed by atoms with E-state index in [2.05, 4.69) is 10.6 Å². The molecule has 2 N–H and O–H groups in total. The average molecular weight is 305 g/mol. The minimum absolute atomic E-state index is 0.0729. The zero-order chi connectivity index (χ0) is 15.5. The topological polar surface area (TPSA) is 61.4 Å². The monoisotopic (exact) mass is 305 g/mol. The lowest BCUT2D eigenvalue weighted by atomic mass is 10.0. The molecule has 0 aromatic heterocycles. The second kappa shape index (κ2) is 6.34. The van der Waals surface area contributed by atoms with Crippen LogP contribution in [0.5, 0.6) is 0 Å². The number of piperidine rings is 1. The number of carbonyl (C=O) groups excluding carboxylic acids is 2. The normalized spacial score (nSPS) is 18.9. The molecule has 1 saturated carbocycles. The maximum Gasteiger partial charge on any atom is 0.319 e. The summed E-state index contributed by atoms with van der Waals surface area (Å²) in [6.07, 6.45) is 3.60. The van der Waals surface area contributed by atoms with E-state index in [-0.39, 0.29) is 29.7 Å². The number of hydrogen-bond donors (Lipinski definition) is 2. The van der Waals surface area contributed by atoms with Gasteiger partial charge in [0.05, 0.1) is 0 Å². The van der Waals surface area contributed by atoms with Gasteiger partial charge in [0.25, 0.3) is 0 Å². The van der Waals surface area contributed by atoms with Crippen LogP contribution in [-0.2, 0) is 4.79 Å². The van der Waals surface area contributed by atoms with Crippen molar-refractivity contribution in [3.05, 3.63) is 30.1 Å². The average Bonchev–Trinajstić information content (AvgIpc) is 3.34. The molecule has 1 aliphatic carbocycles. The highest BCUT2D eigenvalue weighted by molar-refractivity contribution is 5.89. The highest BCUT2D eigenvalue weighted by Crippen LogP contribution is 2.31. The molecule has 0 radical (unpaired) electrons. The Hall–Kier alpha value is -2.11. The van der Waals surface area contributed by atoms with Gasteiger partial charge >= 0.3 is 6.03 Å². The Balaban J connectivity index is 1.43. The first-order valence-electron chi connectivity index (χ1n) is 7.74. The Morgan fingerprint density at radius 2 is 1.68 bits per heavy atom. The van der Waals surface area contributed by atoms with Crippen LogP contribution in [0.3, 0.4) is 0 Å². The molecule has 22 heavy (non-hydrogen) atoms. The summed E-state index contributed by atoms with van der Waals surface area (Å²) in [5.41, 5.74) is 0.556. The van der Waals surface area contributed by atoms with E-state index in [0.717, 1.165) is 25.7 Å². The predicted molar refractivity (Wildman–Crippen MR) is 80.9 cm³/mol. The van der Waals surface area contributed by atoms with E-state index in [1.807, 2.05) is 4.90 Å². The third-order valence-corrected chi connectivity index (χ3v) is 4.17.